The van der Waals surface area contributed by atoms with Crippen LogP contribution in [0.1, 0.15) is 15.9 Å². The van der Waals surface area contributed by atoms with Crippen LogP contribution in [0, 0.1) is 10.1 Å². The highest BCUT2D eigenvalue weighted by molar-refractivity contribution is 5.96. The Morgan fingerprint density at radius 1 is 1.15 bits per heavy atom. The Kier molecular flexibility index (Phi) is 6.38. The first kappa shape index (κ1) is 18.6. The zero-order chi connectivity index (χ0) is 18.9. The van der Waals surface area contributed by atoms with Gasteiger partial charge in [0.25, 0.3) is 17.5 Å². The molecule has 2 aromatic rings. The molecule has 134 valence electrons. The van der Waals surface area contributed by atoms with E-state index in [1.165, 1.54) is 37.6 Å². The van der Waals surface area contributed by atoms with Crippen molar-refractivity contribution in [3.05, 3.63) is 69.8 Å². The van der Waals surface area contributed by atoms with Gasteiger partial charge in [-0.3, -0.25) is 19.7 Å². The van der Waals surface area contributed by atoms with Crippen molar-refractivity contribution >= 4 is 23.7 Å². The number of hydrogen-bond acceptors (Lipinski definition) is 6. The number of carbonyl (C=O) groups excluding carboxylic acids is 2. The third-order valence-corrected chi connectivity index (χ3v) is 3.27. The van der Waals surface area contributed by atoms with Crippen molar-refractivity contribution in [2.45, 2.75) is 0 Å². The summed E-state index contributed by atoms with van der Waals surface area (Å²) in [5.74, 6) is -0.285. The second-order valence-electron chi connectivity index (χ2n) is 5.05. The molecule has 0 aromatic heterocycles. The van der Waals surface area contributed by atoms with E-state index in [0.29, 0.717) is 16.9 Å². The Labute approximate surface area is 148 Å². The lowest BCUT2D eigenvalue weighted by molar-refractivity contribution is -0.384. The molecule has 9 nitrogen and oxygen atoms in total. The normalized spacial score (nSPS) is 10.3. The molecule has 2 N–H and O–H groups in total. The van der Waals surface area contributed by atoms with Crippen molar-refractivity contribution in [3.63, 3.8) is 0 Å². The van der Waals surface area contributed by atoms with Crippen LogP contribution in [0.15, 0.2) is 53.6 Å². The van der Waals surface area contributed by atoms with Gasteiger partial charge in [0.2, 0.25) is 0 Å². The van der Waals surface area contributed by atoms with Crippen LogP contribution in [0.2, 0.25) is 0 Å². The Morgan fingerprint density at radius 2 is 1.81 bits per heavy atom. The summed E-state index contributed by atoms with van der Waals surface area (Å²) in [5, 5.41) is 16.7. The van der Waals surface area contributed by atoms with E-state index >= 15 is 0 Å². The quantitative estimate of drug-likeness (QED) is 0.442. The van der Waals surface area contributed by atoms with Gasteiger partial charge in [0, 0.05) is 17.7 Å². The predicted molar refractivity (Wildman–Crippen MR) is 94.2 cm³/mol. The van der Waals surface area contributed by atoms with Crippen molar-refractivity contribution in [1.82, 2.24) is 10.7 Å². The highest BCUT2D eigenvalue weighted by Crippen LogP contribution is 2.11. The second kappa shape index (κ2) is 8.92. The number of hydrazone groups is 1. The van der Waals surface area contributed by atoms with Gasteiger partial charge in [-0.05, 0) is 42.0 Å². The average molecular weight is 356 g/mol. The number of hydrogen-bond donors (Lipinski definition) is 2. The molecule has 0 atom stereocenters. The van der Waals surface area contributed by atoms with Gasteiger partial charge in [-0.2, -0.15) is 5.10 Å². The lowest BCUT2D eigenvalue weighted by Crippen LogP contribution is -2.34. The first-order valence-electron chi connectivity index (χ1n) is 7.48. The van der Waals surface area contributed by atoms with Crippen LogP contribution < -0.4 is 15.5 Å². The number of benzene rings is 2. The van der Waals surface area contributed by atoms with Crippen LogP contribution in [0.4, 0.5) is 5.69 Å². The summed E-state index contributed by atoms with van der Waals surface area (Å²) in [6.07, 6.45) is 1.34. The van der Waals surface area contributed by atoms with Crippen molar-refractivity contribution in [2.24, 2.45) is 5.10 Å². The zero-order valence-electron chi connectivity index (χ0n) is 13.8. The summed E-state index contributed by atoms with van der Waals surface area (Å²) in [6, 6.07) is 12.1. The fourth-order valence-electron chi connectivity index (χ4n) is 1.91. The lowest BCUT2D eigenvalue weighted by Gasteiger charge is -2.05. The summed E-state index contributed by atoms with van der Waals surface area (Å²) in [4.78, 5) is 33.6. The molecule has 2 amide bonds. The van der Waals surface area contributed by atoms with E-state index in [1.807, 2.05) is 0 Å². The SMILES string of the molecule is COc1ccc(C(=O)NCC(=O)NN=Cc2ccc([N+](=O)[O-])cc2)cc1. The van der Waals surface area contributed by atoms with E-state index in [2.05, 4.69) is 15.8 Å². The van der Waals surface area contributed by atoms with Gasteiger partial charge < -0.3 is 10.1 Å². The van der Waals surface area contributed by atoms with Gasteiger partial charge >= 0.3 is 0 Å². The van der Waals surface area contributed by atoms with Gasteiger partial charge in [0.1, 0.15) is 5.75 Å². The summed E-state index contributed by atoms with van der Waals surface area (Å²) >= 11 is 0. The minimum atomic E-state index is -0.509. The summed E-state index contributed by atoms with van der Waals surface area (Å²) in [6.45, 7) is -0.248. The summed E-state index contributed by atoms with van der Waals surface area (Å²) < 4.78 is 5.00. The standard InChI is InChI=1S/C17H16N4O5/c1-26-15-8-4-13(5-9-15)17(23)18-11-16(22)20-19-10-12-2-6-14(7-3-12)21(24)25/h2-10H,11H2,1H3,(H,18,23)(H,20,22). The maximum atomic E-state index is 11.9. The molecule has 0 fully saturated rings. The molecular formula is C17H16N4O5. The topological polar surface area (TPSA) is 123 Å². The van der Waals surface area contributed by atoms with Gasteiger partial charge in [0.15, 0.2) is 0 Å². The largest absolute Gasteiger partial charge is 0.497 e. The van der Waals surface area contributed by atoms with E-state index in [-0.39, 0.29) is 12.2 Å². The molecule has 2 rings (SSSR count). The molecular weight excluding hydrogens is 340 g/mol. The van der Waals surface area contributed by atoms with E-state index in [4.69, 9.17) is 4.74 Å². The summed E-state index contributed by atoms with van der Waals surface area (Å²) in [5.41, 5.74) is 3.20. The Morgan fingerprint density at radius 3 is 2.38 bits per heavy atom. The first-order chi connectivity index (χ1) is 12.5. The molecule has 0 unspecified atom stereocenters. The molecule has 0 heterocycles. The molecule has 2 aromatic carbocycles. The van der Waals surface area contributed by atoms with Crippen molar-refractivity contribution in [1.29, 1.82) is 0 Å². The van der Waals surface area contributed by atoms with Crippen molar-refractivity contribution in [2.75, 3.05) is 13.7 Å². The monoisotopic (exact) mass is 356 g/mol. The molecule has 0 saturated heterocycles. The molecule has 0 aliphatic rings. The van der Waals surface area contributed by atoms with Crippen molar-refractivity contribution < 1.29 is 19.2 Å². The number of nitrogens with zero attached hydrogens (tertiary/aromatic N) is 2. The number of nitrogens with one attached hydrogen (secondary N) is 2. The van der Waals surface area contributed by atoms with Crippen LogP contribution in [0.25, 0.3) is 0 Å². The highest BCUT2D eigenvalue weighted by atomic mass is 16.6. The van der Waals surface area contributed by atoms with Gasteiger partial charge in [0.05, 0.1) is 24.8 Å². The maximum absolute atomic E-state index is 11.9. The van der Waals surface area contributed by atoms with Gasteiger partial charge in [-0.25, -0.2) is 5.43 Å². The van der Waals surface area contributed by atoms with Crippen LogP contribution in [-0.4, -0.2) is 36.6 Å². The Balaban J connectivity index is 1.78. The van der Waals surface area contributed by atoms with Crippen molar-refractivity contribution in [3.8, 4) is 5.75 Å². The van der Waals surface area contributed by atoms with E-state index in [1.54, 1.807) is 24.3 Å². The minimum Gasteiger partial charge on any atom is -0.497 e. The fourth-order valence-corrected chi connectivity index (χ4v) is 1.91. The predicted octanol–water partition coefficient (Wildman–Crippen LogP) is 1.48. The number of nitro groups is 1. The molecule has 9 heteroatoms. The lowest BCUT2D eigenvalue weighted by atomic mass is 10.2. The number of non-ortho nitro benzene ring substituents is 1. The highest BCUT2D eigenvalue weighted by Gasteiger charge is 2.07. The van der Waals surface area contributed by atoms with Gasteiger partial charge in [-0.1, -0.05) is 0 Å². The van der Waals surface area contributed by atoms with Crippen LogP contribution in [0.5, 0.6) is 5.75 Å². The molecule has 0 spiro atoms. The Hall–Kier alpha value is -3.75. The third-order valence-electron chi connectivity index (χ3n) is 3.27. The molecule has 0 radical (unpaired) electrons. The van der Waals surface area contributed by atoms with E-state index < -0.39 is 16.7 Å². The van der Waals surface area contributed by atoms with E-state index in [0.717, 1.165) is 0 Å². The number of nitro benzene ring substituents is 1. The molecule has 0 saturated carbocycles. The number of methoxy groups -OCH3 is 1. The number of ether oxygens (including phenoxy) is 1. The number of amides is 2. The fraction of sp³-hybridized carbons (Fsp3) is 0.118. The minimum absolute atomic E-state index is 0.0348. The maximum Gasteiger partial charge on any atom is 0.269 e. The van der Waals surface area contributed by atoms with Crippen LogP contribution >= 0.6 is 0 Å². The Bertz CT molecular complexity index is 816. The summed E-state index contributed by atoms with van der Waals surface area (Å²) in [7, 11) is 1.52. The number of rotatable bonds is 7. The molecule has 0 aliphatic carbocycles. The first-order valence-corrected chi connectivity index (χ1v) is 7.48. The molecule has 26 heavy (non-hydrogen) atoms. The molecule has 0 aliphatic heterocycles. The zero-order valence-corrected chi connectivity index (χ0v) is 13.8. The van der Waals surface area contributed by atoms with Crippen LogP contribution in [-0.2, 0) is 4.79 Å². The molecule has 0 bridgehead atoms. The number of carbonyl (C=O) groups is 2. The van der Waals surface area contributed by atoms with Crippen LogP contribution in [0.3, 0.4) is 0 Å². The average Bonchev–Trinajstić information content (AvgIpc) is 2.66. The van der Waals surface area contributed by atoms with Gasteiger partial charge in [-0.15, -0.1) is 0 Å². The smallest absolute Gasteiger partial charge is 0.269 e. The van der Waals surface area contributed by atoms with E-state index in [9.17, 15) is 19.7 Å². The third kappa shape index (κ3) is 5.41. The second-order valence-corrected chi connectivity index (χ2v) is 5.05.